The van der Waals surface area contributed by atoms with Crippen molar-refractivity contribution in [3.05, 3.63) is 82.6 Å². The van der Waals surface area contributed by atoms with Crippen molar-refractivity contribution in [2.45, 2.75) is 25.6 Å². The molecule has 0 atom stereocenters. The lowest BCUT2D eigenvalue weighted by Gasteiger charge is -2.12. The summed E-state index contributed by atoms with van der Waals surface area (Å²) in [6.07, 6.45) is -3.84. The fourth-order valence-corrected chi connectivity index (χ4v) is 3.17. The molecule has 7 nitrogen and oxygen atoms in total. The van der Waals surface area contributed by atoms with Gasteiger partial charge in [0.2, 0.25) is 5.91 Å². The monoisotopic (exact) mass is 493 g/mol. The second-order valence-corrected chi connectivity index (χ2v) is 7.54. The third kappa shape index (κ3) is 7.38. The number of hydrogen-bond acceptors (Lipinski definition) is 4. The lowest BCUT2D eigenvalue weighted by molar-refractivity contribution is -0.137. The molecule has 11 heteroatoms. The summed E-state index contributed by atoms with van der Waals surface area (Å²) in [5.41, 5.74) is 0.323. The van der Waals surface area contributed by atoms with Gasteiger partial charge in [-0.25, -0.2) is 4.79 Å². The highest BCUT2D eigenvalue weighted by Gasteiger charge is 2.33. The number of halogens is 4. The molecule has 0 aliphatic carbocycles. The maximum absolute atomic E-state index is 13.0. The van der Waals surface area contributed by atoms with Crippen LogP contribution in [-0.2, 0) is 23.9 Å². The summed E-state index contributed by atoms with van der Waals surface area (Å²) in [5.74, 6) is 0.568. The number of aromatic nitrogens is 1. The van der Waals surface area contributed by atoms with E-state index in [9.17, 15) is 22.8 Å². The van der Waals surface area contributed by atoms with Gasteiger partial charge >= 0.3 is 12.3 Å². The van der Waals surface area contributed by atoms with Crippen molar-refractivity contribution in [2.75, 3.05) is 5.32 Å². The predicted octanol–water partition coefficient (Wildman–Crippen LogP) is 5.89. The Labute approximate surface area is 197 Å². The molecule has 3 N–H and O–H groups in total. The molecule has 2 amide bonds. The van der Waals surface area contributed by atoms with Crippen LogP contribution in [-0.4, -0.2) is 22.1 Å². The number of carbonyl (C=O) groups is 2. The number of benzene rings is 2. The molecule has 3 rings (SSSR count). The van der Waals surface area contributed by atoms with E-state index in [0.29, 0.717) is 23.6 Å². The number of alkyl halides is 3. The Morgan fingerprint density at radius 1 is 1.03 bits per heavy atom. The first-order chi connectivity index (χ1) is 16.1. The summed E-state index contributed by atoms with van der Waals surface area (Å²) in [6, 6.07) is 13.4. The Kier molecular flexibility index (Phi) is 7.95. The van der Waals surface area contributed by atoms with Crippen LogP contribution in [0.4, 0.5) is 23.7 Å². The highest BCUT2D eigenvalue weighted by atomic mass is 35.5. The van der Waals surface area contributed by atoms with E-state index in [1.807, 2.05) is 0 Å². The zero-order valence-electron chi connectivity index (χ0n) is 17.5. The van der Waals surface area contributed by atoms with Crippen LogP contribution in [0.15, 0.2) is 60.8 Å². The van der Waals surface area contributed by atoms with Gasteiger partial charge in [-0.05, 0) is 48.4 Å². The van der Waals surface area contributed by atoms with Crippen LogP contribution >= 0.6 is 11.6 Å². The molecular formula is C23H19ClF3N3O4. The summed E-state index contributed by atoms with van der Waals surface area (Å²) in [7, 11) is 0. The average molecular weight is 494 g/mol. The van der Waals surface area contributed by atoms with Crippen molar-refractivity contribution in [1.29, 1.82) is 0 Å². The third-order valence-corrected chi connectivity index (χ3v) is 4.89. The number of carboxylic acid groups (broad SMARTS) is 1. The Morgan fingerprint density at radius 2 is 1.76 bits per heavy atom. The number of rotatable bonds is 8. The summed E-state index contributed by atoms with van der Waals surface area (Å²) in [4.78, 5) is 26.8. The Morgan fingerprint density at radius 3 is 2.44 bits per heavy atom. The number of carbonyl (C=O) groups excluding carboxylic acids is 1. The zero-order valence-corrected chi connectivity index (χ0v) is 18.3. The van der Waals surface area contributed by atoms with Crippen LogP contribution in [0.3, 0.4) is 0 Å². The number of anilines is 1. The molecular weight excluding hydrogens is 475 g/mol. The van der Waals surface area contributed by atoms with E-state index in [4.69, 9.17) is 21.4 Å². The topological polar surface area (TPSA) is 101 Å². The Balaban J connectivity index is 1.53. The van der Waals surface area contributed by atoms with Gasteiger partial charge in [0.05, 0.1) is 22.8 Å². The maximum atomic E-state index is 13.0. The first kappa shape index (κ1) is 24.8. The van der Waals surface area contributed by atoms with Crippen molar-refractivity contribution < 1.29 is 32.6 Å². The van der Waals surface area contributed by atoms with Gasteiger partial charge in [-0.15, -0.1) is 0 Å². The van der Waals surface area contributed by atoms with E-state index in [1.54, 1.807) is 36.4 Å². The maximum Gasteiger partial charge on any atom is 0.417 e. The van der Waals surface area contributed by atoms with Gasteiger partial charge in [-0.3, -0.25) is 9.78 Å². The minimum Gasteiger partial charge on any atom is -0.465 e. The van der Waals surface area contributed by atoms with Crippen molar-refractivity contribution in [3.63, 3.8) is 0 Å². The third-order valence-electron chi connectivity index (χ3n) is 4.56. The van der Waals surface area contributed by atoms with Crippen molar-refractivity contribution in [3.8, 4) is 11.5 Å². The predicted molar refractivity (Wildman–Crippen MR) is 119 cm³/mol. The second kappa shape index (κ2) is 10.9. The van der Waals surface area contributed by atoms with Crippen molar-refractivity contribution >= 4 is 29.3 Å². The summed E-state index contributed by atoms with van der Waals surface area (Å²) >= 11 is 5.59. The average Bonchev–Trinajstić information content (AvgIpc) is 2.78. The molecule has 0 saturated carbocycles. The SMILES string of the molecule is O=C(O)NCc1cc(Oc2ccc(CCC(=O)Nc3ccc(Cl)c(C(F)(F)F)c3)cc2)ccn1. The van der Waals surface area contributed by atoms with Gasteiger partial charge in [0.25, 0.3) is 0 Å². The summed E-state index contributed by atoms with van der Waals surface area (Å²) < 4.78 is 44.6. The number of ether oxygens (including phenoxy) is 1. The molecule has 0 radical (unpaired) electrons. The molecule has 0 fully saturated rings. The zero-order chi connectivity index (χ0) is 24.7. The van der Waals surface area contributed by atoms with Crippen LogP contribution in [0.1, 0.15) is 23.2 Å². The molecule has 178 valence electrons. The van der Waals surface area contributed by atoms with E-state index >= 15 is 0 Å². The van der Waals surface area contributed by atoms with Crippen molar-refractivity contribution in [2.24, 2.45) is 0 Å². The van der Waals surface area contributed by atoms with Crippen LogP contribution in [0, 0.1) is 0 Å². The van der Waals surface area contributed by atoms with E-state index < -0.39 is 28.8 Å². The van der Waals surface area contributed by atoms with Gasteiger partial charge in [-0.2, -0.15) is 13.2 Å². The fraction of sp³-hybridized carbons (Fsp3) is 0.174. The molecule has 2 aromatic carbocycles. The Hall–Kier alpha value is -3.79. The molecule has 3 aromatic rings. The minimum atomic E-state index is -4.62. The number of aryl methyl sites for hydroxylation is 1. The lowest BCUT2D eigenvalue weighted by Crippen LogP contribution is -2.20. The van der Waals surface area contributed by atoms with Crippen molar-refractivity contribution in [1.82, 2.24) is 10.3 Å². The molecule has 34 heavy (non-hydrogen) atoms. The molecule has 0 aliphatic heterocycles. The van der Waals surface area contributed by atoms with E-state index in [1.165, 1.54) is 12.3 Å². The number of nitrogens with one attached hydrogen (secondary N) is 2. The van der Waals surface area contributed by atoms with E-state index in [0.717, 1.165) is 17.7 Å². The number of pyridine rings is 1. The van der Waals surface area contributed by atoms with Gasteiger partial charge < -0.3 is 20.5 Å². The van der Waals surface area contributed by atoms with Crippen LogP contribution in [0.2, 0.25) is 5.02 Å². The van der Waals surface area contributed by atoms with E-state index in [2.05, 4.69) is 15.6 Å². The smallest absolute Gasteiger partial charge is 0.417 e. The molecule has 0 aliphatic rings. The van der Waals surface area contributed by atoms with Crippen LogP contribution < -0.4 is 15.4 Å². The standard InChI is InChI=1S/C23H19ClF3N3O4/c24-20-7-4-15(12-19(20)23(25,26)27)30-21(31)8-3-14-1-5-17(6-2-14)34-18-9-10-28-16(11-18)13-29-22(32)33/h1-2,4-7,9-12,29H,3,8,13H2,(H,30,31)(H,32,33). The number of amides is 2. The molecule has 1 heterocycles. The van der Waals surface area contributed by atoms with Gasteiger partial charge in [0.1, 0.15) is 11.5 Å². The van der Waals surface area contributed by atoms with Crippen LogP contribution in [0.25, 0.3) is 0 Å². The summed E-state index contributed by atoms with van der Waals surface area (Å²) in [6.45, 7) is 0.0427. The second-order valence-electron chi connectivity index (χ2n) is 7.13. The van der Waals surface area contributed by atoms with E-state index in [-0.39, 0.29) is 18.7 Å². The molecule has 0 saturated heterocycles. The molecule has 0 unspecified atom stereocenters. The first-order valence-corrected chi connectivity index (χ1v) is 10.3. The normalized spacial score (nSPS) is 11.1. The number of hydrogen-bond donors (Lipinski definition) is 3. The quantitative estimate of drug-likeness (QED) is 0.363. The minimum absolute atomic E-state index is 0.0146. The first-order valence-electron chi connectivity index (χ1n) is 9.95. The lowest BCUT2D eigenvalue weighted by atomic mass is 10.1. The molecule has 0 bridgehead atoms. The van der Waals surface area contributed by atoms with Gasteiger partial charge in [0.15, 0.2) is 0 Å². The van der Waals surface area contributed by atoms with Crippen LogP contribution in [0.5, 0.6) is 11.5 Å². The Bertz CT molecular complexity index is 1170. The highest BCUT2D eigenvalue weighted by Crippen LogP contribution is 2.36. The highest BCUT2D eigenvalue weighted by molar-refractivity contribution is 6.31. The molecule has 1 aromatic heterocycles. The van der Waals surface area contributed by atoms with Gasteiger partial charge in [-0.1, -0.05) is 23.7 Å². The fourth-order valence-electron chi connectivity index (χ4n) is 2.94. The van der Waals surface area contributed by atoms with Gasteiger partial charge in [0, 0.05) is 24.4 Å². The number of nitrogens with zero attached hydrogens (tertiary/aromatic N) is 1. The summed E-state index contributed by atoms with van der Waals surface area (Å²) in [5, 5.41) is 12.9. The molecule has 0 spiro atoms. The largest absolute Gasteiger partial charge is 0.465 e.